The van der Waals surface area contributed by atoms with Crippen molar-refractivity contribution in [3.63, 3.8) is 0 Å². The number of nitrogens with zero attached hydrogens (tertiary/aromatic N) is 1. The van der Waals surface area contributed by atoms with Crippen LogP contribution >= 0.6 is 0 Å². The first kappa shape index (κ1) is 14.3. The summed E-state index contributed by atoms with van der Waals surface area (Å²) in [5.74, 6) is -0.708. The molecule has 1 aromatic heterocycles. The monoisotopic (exact) mass is 258 g/mol. The Morgan fingerprint density at radius 2 is 2.33 bits per heavy atom. The van der Waals surface area contributed by atoms with Crippen molar-refractivity contribution in [1.29, 1.82) is 0 Å². The Bertz CT molecular complexity index is 547. The van der Waals surface area contributed by atoms with E-state index in [1.165, 1.54) is 20.2 Å². The summed E-state index contributed by atoms with van der Waals surface area (Å²) in [5, 5.41) is 8.61. The highest BCUT2D eigenvalue weighted by Crippen LogP contribution is 2.18. The van der Waals surface area contributed by atoms with E-state index in [1.54, 1.807) is 0 Å². The summed E-state index contributed by atoms with van der Waals surface area (Å²) >= 11 is 0. The number of hydrogen-bond acceptors (Lipinski definition) is 4. The van der Waals surface area contributed by atoms with Crippen LogP contribution in [0.5, 0.6) is 0 Å². The fraction of sp³-hybridized carbons (Fsp3) is 0.455. The van der Waals surface area contributed by atoms with Gasteiger partial charge in [0.2, 0.25) is 0 Å². The number of aryl methyl sites for hydroxylation is 1. The minimum absolute atomic E-state index is 0.114. The Hall–Kier alpha value is -1.73. The molecule has 0 fully saturated rings. The van der Waals surface area contributed by atoms with Crippen molar-refractivity contribution in [2.45, 2.75) is 19.6 Å². The van der Waals surface area contributed by atoms with Crippen molar-refractivity contribution in [1.82, 2.24) is 9.55 Å². The molecule has 6 nitrogen and oxygen atoms in total. The van der Waals surface area contributed by atoms with E-state index in [9.17, 15) is 14.0 Å². The van der Waals surface area contributed by atoms with Gasteiger partial charge in [0.15, 0.2) is 6.23 Å². The van der Waals surface area contributed by atoms with E-state index in [4.69, 9.17) is 9.84 Å². The number of hydrogen-bond donors (Lipinski definition) is 2. The molecule has 0 aliphatic carbocycles. The van der Waals surface area contributed by atoms with Gasteiger partial charge in [0.25, 0.3) is 5.56 Å². The molecule has 1 heterocycles. The van der Waals surface area contributed by atoms with Gasteiger partial charge in [0.1, 0.15) is 5.83 Å². The van der Waals surface area contributed by atoms with Crippen LogP contribution in [0.15, 0.2) is 27.7 Å². The summed E-state index contributed by atoms with van der Waals surface area (Å²) in [6.45, 7) is 1.29. The van der Waals surface area contributed by atoms with Gasteiger partial charge in [-0.1, -0.05) is 0 Å². The second-order valence-electron chi connectivity index (χ2n) is 3.67. The van der Waals surface area contributed by atoms with Crippen LogP contribution in [0.25, 0.3) is 0 Å². The third-order valence-corrected chi connectivity index (χ3v) is 2.33. The lowest BCUT2D eigenvalue weighted by Crippen LogP contribution is -2.34. The number of rotatable bonds is 5. The molecule has 7 heteroatoms. The van der Waals surface area contributed by atoms with Crippen LogP contribution in [0.1, 0.15) is 18.2 Å². The van der Waals surface area contributed by atoms with Crippen molar-refractivity contribution < 1.29 is 14.2 Å². The van der Waals surface area contributed by atoms with Gasteiger partial charge in [-0.25, -0.2) is 9.18 Å². The number of aliphatic hydroxyl groups excluding tert-OH is 1. The van der Waals surface area contributed by atoms with Gasteiger partial charge in [-0.15, -0.1) is 0 Å². The Morgan fingerprint density at radius 3 is 2.89 bits per heavy atom. The fourth-order valence-corrected chi connectivity index (χ4v) is 1.42. The lowest BCUT2D eigenvalue weighted by molar-refractivity contribution is 0.0515. The standard InChI is InChI=1S/C11H15FN2O4/c1-7-6-14(11(17)13-9(7)16)10(18-2)8(12)4-3-5-15/h4,6,10,15H,3,5H2,1-2H3,(H,13,16,17)/b8-4+. The van der Waals surface area contributed by atoms with E-state index in [0.29, 0.717) is 0 Å². The summed E-state index contributed by atoms with van der Waals surface area (Å²) in [4.78, 5) is 24.8. The Kier molecular flexibility index (Phi) is 4.99. The van der Waals surface area contributed by atoms with E-state index in [0.717, 1.165) is 10.6 Å². The molecule has 0 amide bonds. The van der Waals surface area contributed by atoms with E-state index in [2.05, 4.69) is 4.98 Å². The van der Waals surface area contributed by atoms with E-state index in [-0.39, 0.29) is 18.6 Å². The van der Waals surface area contributed by atoms with Crippen LogP contribution in [0.2, 0.25) is 0 Å². The van der Waals surface area contributed by atoms with Crippen LogP contribution in [0.4, 0.5) is 4.39 Å². The van der Waals surface area contributed by atoms with Crippen LogP contribution in [0, 0.1) is 6.92 Å². The van der Waals surface area contributed by atoms with Crippen LogP contribution < -0.4 is 11.2 Å². The summed E-state index contributed by atoms with van der Waals surface area (Å²) in [5.41, 5.74) is -1.01. The van der Waals surface area contributed by atoms with Crippen molar-refractivity contribution in [3.05, 3.63) is 44.5 Å². The number of aromatic nitrogens is 2. The topological polar surface area (TPSA) is 84.3 Å². The highest BCUT2D eigenvalue weighted by molar-refractivity contribution is 5.05. The summed E-state index contributed by atoms with van der Waals surface area (Å²) in [6, 6.07) is 0. The number of aliphatic hydroxyl groups is 1. The van der Waals surface area contributed by atoms with Crippen LogP contribution in [-0.4, -0.2) is 28.4 Å². The second-order valence-corrected chi connectivity index (χ2v) is 3.67. The highest BCUT2D eigenvalue weighted by atomic mass is 19.1. The molecule has 1 aromatic rings. The molecule has 0 radical (unpaired) electrons. The molecule has 0 saturated carbocycles. The predicted molar refractivity (Wildman–Crippen MR) is 63.0 cm³/mol. The first-order valence-corrected chi connectivity index (χ1v) is 5.32. The summed E-state index contributed by atoms with van der Waals surface area (Å²) in [6.07, 6.45) is 1.21. The van der Waals surface area contributed by atoms with Gasteiger partial charge in [-0.2, -0.15) is 0 Å². The first-order valence-electron chi connectivity index (χ1n) is 5.32. The predicted octanol–water partition coefficient (Wildman–Crippen LogP) is 0.226. The molecule has 1 rings (SSSR count). The van der Waals surface area contributed by atoms with Crippen LogP contribution in [0.3, 0.4) is 0 Å². The molecule has 100 valence electrons. The molecule has 0 aliphatic heterocycles. The number of aromatic amines is 1. The molecule has 18 heavy (non-hydrogen) atoms. The van der Waals surface area contributed by atoms with Gasteiger partial charge in [0, 0.05) is 25.5 Å². The van der Waals surface area contributed by atoms with Gasteiger partial charge in [-0.3, -0.25) is 14.3 Å². The third kappa shape index (κ3) is 3.14. The van der Waals surface area contributed by atoms with Gasteiger partial charge in [-0.05, 0) is 19.4 Å². The molecule has 0 saturated heterocycles. The van der Waals surface area contributed by atoms with Gasteiger partial charge >= 0.3 is 5.69 Å². The number of H-pyrrole nitrogens is 1. The Labute approximate surface area is 102 Å². The average molecular weight is 258 g/mol. The Morgan fingerprint density at radius 1 is 1.67 bits per heavy atom. The summed E-state index contributed by atoms with van der Waals surface area (Å²) in [7, 11) is 1.24. The largest absolute Gasteiger partial charge is 0.396 e. The van der Waals surface area contributed by atoms with E-state index < -0.39 is 23.3 Å². The number of ether oxygens (including phenoxy) is 1. The number of halogens is 1. The average Bonchev–Trinajstić information content (AvgIpc) is 2.33. The van der Waals surface area contributed by atoms with Crippen molar-refractivity contribution in [2.75, 3.05) is 13.7 Å². The normalized spacial score (nSPS) is 13.7. The highest BCUT2D eigenvalue weighted by Gasteiger charge is 2.17. The molecule has 0 aliphatic rings. The van der Waals surface area contributed by atoms with Crippen molar-refractivity contribution in [3.8, 4) is 0 Å². The lowest BCUT2D eigenvalue weighted by atomic mass is 10.3. The molecule has 0 aromatic carbocycles. The van der Waals surface area contributed by atoms with Crippen molar-refractivity contribution >= 4 is 0 Å². The molecule has 0 spiro atoms. The van der Waals surface area contributed by atoms with Gasteiger partial charge in [0.05, 0.1) is 0 Å². The molecule has 2 N–H and O–H groups in total. The zero-order valence-electron chi connectivity index (χ0n) is 10.1. The maximum Gasteiger partial charge on any atom is 0.330 e. The molecular weight excluding hydrogens is 243 g/mol. The van der Waals surface area contributed by atoms with E-state index >= 15 is 0 Å². The van der Waals surface area contributed by atoms with E-state index in [1.807, 2.05) is 0 Å². The first-order chi connectivity index (χ1) is 8.51. The smallest absolute Gasteiger partial charge is 0.330 e. The number of nitrogens with one attached hydrogen (secondary N) is 1. The maximum atomic E-state index is 13.7. The maximum absolute atomic E-state index is 13.7. The van der Waals surface area contributed by atoms with Crippen molar-refractivity contribution in [2.24, 2.45) is 0 Å². The minimum Gasteiger partial charge on any atom is -0.396 e. The summed E-state index contributed by atoms with van der Waals surface area (Å²) < 4.78 is 19.6. The third-order valence-electron chi connectivity index (χ3n) is 2.33. The molecular formula is C11H15FN2O4. The number of methoxy groups -OCH3 is 1. The molecule has 0 bridgehead atoms. The lowest BCUT2D eigenvalue weighted by Gasteiger charge is -2.16. The minimum atomic E-state index is -1.25. The Balaban J connectivity index is 3.21. The molecule has 1 unspecified atom stereocenters. The fourth-order valence-electron chi connectivity index (χ4n) is 1.42. The van der Waals surface area contributed by atoms with Crippen LogP contribution in [-0.2, 0) is 4.74 Å². The zero-order chi connectivity index (χ0) is 13.7. The SMILES string of the molecule is COC(/C(F)=C\CCO)n1cc(C)c(=O)[nH]c1=O. The zero-order valence-corrected chi connectivity index (χ0v) is 10.1. The molecule has 1 atom stereocenters. The van der Waals surface area contributed by atoms with Gasteiger partial charge < -0.3 is 9.84 Å². The second kappa shape index (κ2) is 6.27. The quantitative estimate of drug-likeness (QED) is 0.791.